The number of piperidine rings is 1. The number of carbonyl (C=O) groups is 2. The van der Waals surface area contributed by atoms with Crippen molar-refractivity contribution in [1.29, 1.82) is 0 Å². The molecule has 1 aromatic rings. The maximum atomic E-state index is 12.5. The summed E-state index contributed by atoms with van der Waals surface area (Å²) < 4.78 is 5.81. The highest BCUT2D eigenvalue weighted by Gasteiger charge is 2.26. The first-order valence-corrected chi connectivity index (χ1v) is 9.42. The number of ether oxygens (including phenoxy) is 1. The van der Waals surface area contributed by atoms with Gasteiger partial charge in [-0.05, 0) is 24.5 Å². The van der Waals surface area contributed by atoms with Gasteiger partial charge in [0.25, 0.3) is 0 Å². The van der Waals surface area contributed by atoms with Crippen molar-refractivity contribution in [1.82, 2.24) is 9.80 Å². The number of morpholine rings is 1. The summed E-state index contributed by atoms with van der Waals surface area (Å²) in [6.45, 7) is 3.06. The van der Waals surface area contributed by atoms with E-state index in [1.165, 1.54) is 0 Å². The Labute approximate surface area is 153 Å². The van der Waals surface area contributed by atoms with Crippen LogP contribution in [0.2, 0.25) is 5.02 Å². The van der Waals surface area contributed by atoms with Gasteiger partial charge in [0.1, 0.15) is 0 Å². The highest BCUT2D eigenvalue weighted by Crippen LogP contribution is 2.20. The molecule has 1 atom stereocenters. The number of likely N-dealkylation sites (tertiary alicyclic amines) is 1. The van der Waals surface area contributed by atoms with Gasteiger partial charge < -0.3 is 14.5 Å². The van der Waals surface area contributed by atoms with Crippen LogP contribution < -0.4 is 0 Å². The zero-order valence-electron chi connectivity index (χ0n) is 14.5. The molecule has 0 bridgehead atoms. The van der Waals surface area contributed by atoms with E-state index in [0.717, 1.165) is 30.0 Å². The van der Waals surface area contributed by atoms with E-state index in [1.807, 2.05) is 34.1 Å². The van der Waals surface area contributed by atoms with Crippen LogP contribution in [0.25, 0.3) is 0 Å². The van der Waals surface area contributed by atoms with Gasteiger partial charge >= 0.3 is 0 Å². The largest absolute Gasteiger partial charge is 0.374 e. The normalized spacial score (nSPS) is 21.5. The van der Waals surface area contributed by atoms with Crippen LogP contribution in [0.1, 0.15) is 31.2 Å². The Hall–Kier alpha value is -1.59. The van der Waals surface area contributed by atoms with E-state index in [-0.39, 0.29) is 17.9 Å². The molecule has 2 saturated heterocycles. The molecule has 0 radical (unpaired) electrons. The molecule has 1 aromatic carbocycles. The summed E-state index contributed by atoms with van der Waals surface area (Å²) >= 11 is 6.22. The molecule has 0 N–H and O–H groups in total. The summed E-state index contributed by atoms with van der Waals surface area (Å²) in [5, 5.41) is 0.734. The maximum Gasteiger partial charge on any atom is 0.224 e. The van der Waals surface area contributed by atoms with Crippen molar-refractivity contribution in [2.45, 2.75) is 38.2 Å². The second-order valence-corrected chi connectivity index (χ2v) is 7.12. The summed E-state index contributed by atoms with van der Waals surface area (Å²) in [6.07, 6.45) is 3.69. The molecule has 6 heteroatoms. The van der Waals surface area contributed by atoms with Crippen molar-refractivity contribution in [2.24, 2.45) is 0 Å². The SMILES string of the molecule is O=C1CCCCN1CCC(=O)N1CCO[C@H](Cc2ccccc2Cl)C1. The van der Waals surface area contributed by atoms with Crippen molar-refractivity contribution in [3.8, 4) is 0 Å². The number of halogens is 1. The molecule has 5 nitrogen and oxygen atoms in total. The predicted octanol–water partition coefficient (Wildman–Crippen LogP) is 2.51. The zero-order chi connectivity index (χ0) is 17.6. The lowest BCUT2D eigenvalue weighted by Crippen LogP contribution is -2.47. The number of nitrogens with zero attached hydrogens (tertiary/aromatic N) is 2. The third kappa shape index (κ3) is 4.95. The third-order valence-corrected chi connectivity index (χ3v) is 5.28. The monoisotopic (exact) mass is 364 g/mol. The molecule has 2 aliphatic rings. The number of amides is 2. The van der Waals surface area contributed by atoms with Gasteiger partial charge in [-0.1, -0.05) is 29.8 Å². The molecular weight excluding hydrogens is 340 g/mol. The Bertz CT molecular complexity index is 622. The first kappa shape index (κ1) is 18.2. The lowest BCUT2D eigenvalue weighted by atomic mass is 10.1. The van der Waals surface area contributed by atoms with Crippen molar-refractivity contribution < 1.29 is 14.3 Å². The molecule has 3 rings (SSSR count). The lowest BCUT2D eigenvalue weighted by Gasteiger charge is -2.34. The van der Waals surface area contributed by atoms with Crippen LogP contribution in [-0.2, 0) is 20.7 Å². The van der Waals surface area contributed by atoms with E-state index in [4.69, 9.17) is 16.3 Å². The molecule has 0 aromatic heterocycles. The van der Waals surface area contributed by atoms with Gasteiger partial charge in [-0.25, -0.2) is 0 Å². The van der Waals surface area contributed by atoms with E-state index in [1.54, 1.807) is 0 Å². The van der Waals surface area contributed by atoms with Gasteiger partial charge in [-0.15, -0.1) is 0 Å². The van der Waals surface area contributed by atoms with Gasteiger partial charge in [0.2, 0.25) is 11.8 Å². The Balaban J connectivity index is 1.49. The summed E-state index contributed by atoms with van der Waals surface area (Å²) in [5.41, 5.74) is 1.04. The second-order valence-electron chi connectivity index (χ2n) is 6.72. The first-order valence-electron chi connectivity index (χ1n) is 9.04. The van der Waals surface area contributed by atoms with Crippen LogP contribution >= 0.6 is 11.6 Å². The Morgan fingerprint density at radius 3 is 2.88 bits per heavy atom. The zero-order valence-corrected chi connectivity index (χ0v) is 15.2. The number of hydrogen-bond donors (Lipinski definition) is 0. The van der Waals surface area contributed by atoms with E-state index in [0.29, 0.717) is 45.5 Å². The topological polar surface area (TPSA) is 49.9 Å². The Morgan fingerprint density at radius 2 is 2.08 bits per heavy atom. The predicted molar refractivity (Wildman–Crippen MR) is 96.5 cm³/mol. The van der Waals surface area contributed by atoms with E-state index >= 15 is 0 Å². The minimum absolute atomic E-state index is 0.0331. The molecule has 2 aliphatic heterocycles. The van der Waals surface area contributed by atoms with Crippen LogP contribution in [-0.4, -0.2) is 60.5 Å². The molecule has 2 heterocycles. The number of hydrogen-bond acceptors (Lipinski definition) is 3. The van der Waals surface area contributed by atoms with Crippen LogP contribution in [0.5, 0.6) is 0 Å². The number of rotatable bonds is 5. The molecule has 0 unspecified atom stereocenters. The number of benzene rings is 1. The lowest BCUT2D eigenvalue weighted by molar-refractivity contribution is -0.140. The van der Waals surface area contributed by atoms with Crippen molar-refractivity contribution in [3.05, 3.63) is 34.9 Å². The first-order chi connectivity index (χ1) is 12.1. The summed E-state index contributed by atoms with van der Waals surface area (Å²) in [6, 6.07) is 7.74. The quantitative estimate of drug-likeness (QED) is 0.806. The smallest absolute Gasteiger partial charge is 0.224 e. The maximum absolute atomic E-state index is 12.5. The number of carbonyl (C=O) groups excluding carboxylic acids is 2. The molecule has 2 amide bonds. The van der Waals surface area contributed by atoms with Crippen LogP contribution in [0.15, 0.2) is 24.3 Å². The van der Waals surface area contributed by atoms with E-state index in [2.05, 4.69) is 0 Å². The van der Waals surface area contributed by atoms with Gasteiger partial charge in [0.15, 0.2) is 0 Å². The third-order valence-electron chi connectivity index (χ3n) is 4.91. The van der Waals surface area contributed by atoms with Gasteiger partial charge in [0, 0.05) is 50.5 Å². The molecular formula is C19H25ClN2O3. The fourth-order valence-electron chi connectivity index (χ4n) is 3.47. The van der Waals surface area contributed by atoms with Crippen LogP contribution in [0.4, 0.5) is 0 Å². The molecule has 25 heavy (non-hydrogen) atoms. The fourth-order valence-corrected chi connectivity index (χ4v) is 3.68. The average Bonchev–Trinajstić information content (AvgIpc) is 2.63. The van der Waals surface area contributed by atoms with Crippen LogP contribution in [0, 0.1) is 0 Å². The van der Waals surface area contributed by atoms with Gasteiger partial charge in [-0.3, -0.25) is 9.59 Å². The molecule has 136 valence electrons. The molecule has 0 aliphatic carbocycles. The average molecular weight is 365 g/mol. The van der Waals surface area contributed by atoms with Gasteiger partial charge in [0.05, 0.1) is 12.7 Å². The van der Waals surface area contributed by atoms with Crippen LogP contribution in [0.3, 0.4) is 0 Å². The molecule has 2 fully saturated rings. The summed E-state index contributed by atoms with van der Waals surface area (Å²) in [5.74, 6) is 0.281. The standard InChI is InChI=1S/C19H25ClN2O3/c20-17-6-2-1-5-15(17)13-16-14-22(11-12-25-16)19(24)8-10-21-9-4-3-7-18(21)23/h1-2,5-6,16H,3-4,7-14H2/t16-/m1/s1. The van der Waals surface area contributed by atoms with Crippen molar-refractivity contribution in [3.63, 3.8) is 0 Å². The van der Waals surface area contributed by atoms with E-state index < -0.39 is 0 Å². The highest BCUT2D eigenvalue weighted by molar-refractivity contribution is 6.31. The minimum atomic E-state index is -0.0331. The summed E-state index contributed by atoms with van der Waals surface area (Å²) in [7, 11) is 0. The molecule has 0 spiro atoms. The van der Waals surface area contributed by atoms with E-state index in [9.17, 15) is 9.59 Å². The fraction of sp³-hybridized carbons (Fsp3) is 0.579. The Morgan fingerprint density at radius 1 is 1.24 bits per heavy atom. The Kier molecular flexibility index (Phi) is 6.32. The van der Waals surface area contributed by atoms with Crippen molar-refractivity contribution in [2.75, 3.05) is 32.8 Å². The second kappa shape index (κ2) is 8.68. The summed E-state index contributed by atoms with van der Waals surface area (Å²) in [4.78, 5) is 28.0. The highest BCUT2D eigenvalue weighted by atomic mass is 35.5. The van der Waals surface area contributed by atoms with Gasteiger partial charge in [-0.2, -0.15) is 0 Å². The van der Waals surface area contributed by atoms with Crippen molar-refractivity contribution >= 4 is 23.4 Å². The minimum Gasteiger partial charge on any atom is -0.374 e. The molecule has 0 saturated carbocycles.